The summed E-state index contributed by atoms with van der Waals surface area (Å²) in [6.45, 7) is 1.67. The maximum atomic E-state index is 5.94. The number of fused-ring (bicyclic) bond motifs is 1. The van der Waals surface area contributed by atoms with Crippen molar-refractivity contribution < 1.29 is 4.74 Å². The third-order valence-corrected chi connectivity index (χ3v) is 4.46. The van der Waals surface area contributed by atoms with Crippen LogP contribution in [-0.2, 0) is 0 Å². The molecule has 26 heavy (non-hydrogen) atoms. The van der Waals surface area contributed by atoms with Gasteiger partial charge in [-0.3, -0.25) is 0 Å². The highest BCUT2D eigenvalue weighted by Crippen LogP contribution is 2.19. The number of anilines is 1. The lowest BCUT2D eigenvalue weighted by atomic mass is 10.1. The van der Waals surface area contributed by atoms with Crippen molar-refractivity contribution in [2.24, 2.45) is 0 Å². The Balaban J connectivity index is 1.27. The molecule has 0 radical (unpaired) electrons. The highest BCUT2D eigenvalue weighted by Gasteiger charge is 2.01. The van der Waals surface area contributed by atoms with E-state index in [1.165, 1.54) is 19.3 Å². The van der Waals surface area contributed by atoms with Gasteiger partial charge in [-0.15, -0.1) is 0 Å². The molecule has 0 aliphatic heterocycles. The lowest BCUT2D eigenvalue weighted by Gasteiger charge is -2.08. The first kappa shape index (κ1) is 18.5. The fourth-order valence-electron chi connectivity index (χ4n) is 2.86. The number of rotatable bonds is 10. The van der Waals surface area contributed by atoms with E-state index in [2.05, 4.69) is 21.4 Å². The number of unbranched alkanes of at least 4 members (excludes halogenated alkanes) is 4. The van der Waals surface area contributed by atoms with Crippen molar-refractivity contribution in [2.45, 2.75) is 32.1 Å². The van der Waals surface area contributed by atoms with Gasteiger partial charge in [0.1, 0.15) is 17.9 Å². The molecule has 1 N–H and O–H groups in total. The predicted octanol–water partition coefficient (Wildman–Crippen LogP) is 5.72. The van der Waals surface area contributed by atoms with E-state index in [-0.39, 0.29) is 0 Å². The van der Waals surface area contributed by atoms with Gasteiger partial charge in [-0.2, -0.15) is 0 Å². The van der Waals surface area contributed by atoms with Crippen molar-refractivity contribution in [1.29, 1.82) is 0 Å². The van der Waals surface area contributed by atoms with Crippen LogP contribution in [-0.4, -0.2) is 23.1 Å². The molecule has 0 spiro atoms. The first-order valence-corrected chi connectivity index (χ1v) is 9.53. The van der Waals surface area contributed by atoms with E-state index < -0.39 is 0 Å². The summed E-state index contributed by atoms with van der Waals surface area (Å²) in [5.41, 5.74) is 0.977. The highest BCUT2D eigenvalue weighted by molar-refractivity contribution is 6.30. The Morgan fingerprint density at radius 3 is 2.65 bits per heavy atom. The number of halogens is 1. The number of hydrogen-bond acceptors (Lipinski definition) is 4. The number of hydrogen-bond donors (Lipinski definition) is 1. The molecule has 0 saturated heterocycles. The van der Waals surface area contributed by atoms with Crippen LogP contribution in [0.3, 0.4) is 0 Å². The second-order valence-electron chi connectivity index (χ2n) is 6.24. The normalized spacial score (nSPS) is 10.8. The fourth-order valence-corrected chi connectivity index (χ4v) is 3.04. The number of aromatic nitrogens is 2. The third-order valence-electron chi connectivity index (χ3n) is 4.22. The summed E-state index contributed by atoms with van der Waals surface area (Å²) >= 11 is 5.94. The van der Waals surface area contributed by atoms with E-state index >= 15 is 0 Å². The number of ether oxygens (including phenoxy) is 1. The van der Waals surface area contributed by atoms with Crippen molar-refractivity contribution in [1.82, 2.24) is 9.97 Å². The van der Waals surface area contributed by atoms with E-state index in [9.17, 15) is 0 Å². The molecule has 4 nitrogen and oxygen atoms in total. The number of nitrogens with zero attached hydrogens (tertiary/aromatic N) is 2. The maximum absolute atomic E-state index is 5.94. The zero-order valence-electron chi connectivity index (χ0n) is 14.8. The SMILES string of the molecule is Clc1cccc(OCCCCCCCNc2ncnc3ccccc23)c1. The molecule has 1 heterocycles. The number of para-hydroxylation sites is 1. The molecule has 136 valence electrons. The molecular weight excluding hydrogens is 346 g/mol. The molecule has 3 rings (SSSR count). The molecule has 0 aliphatic rings. The molecule has 1 aromatic heterocycles. The first-order chi connectivity index (χ1) is 12.8. The minimum absolute atomic E-state index is 0.714. The lowest BCUT2D eigenvalue weighted by Crippen LogP contribution is -2.04. The zero-order valence-corrected chi connectivity index (χ0v) is 15.6. The van der Waals surface area contributed by atoms with E-state index in [0.717, 1.165) is 48.5 Å². The van der Waals surface area contributed by atoms with Crippen LogP contribution in [0.2, 0.25) is 5.02 Å². The van der Waals surface area contributed by atoms with Gasteiger partial charge in [-0.05, 0) is 43.2 Å². The Bertz CT molecular complexity index is 820. The second kappa shape index (κ2) is 9.97. The van der Waals surface area contributed by atoms with Crippen molar-refractivity contribution in [3.8, 4) is 5.75 Å². The minimum atomic E-state index is 0.714. The van der Waals surface area contributed by atoms with Crippen LogP contribution in [0.1, 0.15) is 32.1 Å². The summed E-state index contributed by atoms with van der Waals surface area (Å²) in [7, 11) is 0. The Kier molecular flexibility index (Phi) is 7.08. The van der Waals surface area contributed by atoms with E-state index in [4.69, 9.17) is 16.3 Å². The second-order valence-corrected chi connectivity index (χ2v) is 6.68. The molecule has 0 saturated carbocycles. The van der Waals surface area contributed by atoms with Crippen LogP contribution in [0.5, 0.6) is 5.75 Å². The van der Waals surface area contributed by atoms with Crippen LogP contribution in [0.4, 0.5) is 5.82 Å². The van der Waals surface area contributed by atoms with Gasteiger partial charge in [0.15, 0.2) is 0 Å². The van der Waals surface area contributed by atoms with Gasteiger partial charge < -0.3 is 10.1 Å². The van der Waals surface area contributed by atoms with Crippen molar-refractivity contribution in [2.75, 3.05) is 18.5 Å². The molecule has 2 aromatic carbocycles. The Labute approximate surface area is 159 Å². The maximum Gasteiger partial charge on any atom is 0.137 e. The molecule has 0 bridgehead atoms. The fraction of sp³-hybridized carbons (Fsp3) is 0.333. The van der Waals surface area contributed by atoms with Crippen LogP contribution in [0.25, 0.3) is 10.9 Å². The van der Waals surface area contributed by atoms with Crippen LogP contribution < -0.4 is 10.1 Å². The lowest BCUT2D eigenvalue weighted by molar-refractivity contribution is 0.304. The number of benzene rings is 2. The summed E-state index contributed by atoms with van der Waals surface area (Å²) in [5.74, 6) is 1.77. The Morgan fingerprint density at radius 2 is 1.73 bits per heavy atom. The Morgan fingerprint density at radius 1 is 0.885 bits per heavy atom. The Hall–Kier alpha value is -2.33. The van der Waals surface area contributed by atoms with Gasteiger partial charge in [0.25, 0.3) is 0 Å². The summed E-state index contributed by atoms with van der Waals surface area (Å²) in [6.07, 6.45) is 7.41. The van der Waals surface area contributed by atoms with Crippen LogP contribution in [0, 0.1) is 0 Å². The van der Waals surface area contributed by atoms with Gasteiger partial charge in [-0.25, -0.2) is 9.97 Å². The van der Waals surface area contributed by atoms with E-state index in [1.807, 2.05) is 42.5 Å². The molecule has 0 aliphatic carbocycles. The summed E-state index contributed by atoms with van der Waals surface area (Å²) in [4.78, 5) is 8.64. The predicted molar refractivity (Wildman–Crippen MR) is 108 cm³/mol. The van der Waals surface area contributed by atoms with E-state index in [0.29, 0.717) is 5.02 Å². The third kappa shape index (κ3) is 5.60. The summed E-state index contributed by atoms with van der Waals surface area (Å²) in [5, 5.41) is 5.22. The average Bonchev–Trinajstić information content (AvgIpc) is 2.67. The molecule has 0 unspecified atom stereocenters. The van der Waals surface area contributed by atoms with Gasteiger partial charge >= 0.3 is 0 Å². The van der Waals surface area contributed by atoms with Gasteiger partial charge in [-0.1, -0.05) is 49.1 Å². The average molecular weight is 370 g/mol. The van der Waals surface area contributed by atoms with Crippen LogP contribution in [0.15, 0.2) is 54.9 Å². The standard InChI is InChI=1S/C21H24ClN3O/c22-17-9-8-10-18(15-17)26-14-7-3-1-2-6-13-23-21-19-11-4-5-12-20(19)24-16-25-21/h4-5,8-12,15-16H,1-3,6-7,13-14H2,(H,23,24,25). The molecule has 0 amide bonds. The molecule has 0 atom stereocenters. The highest BCUT2D eigenvalue weighted by atomic mass is 35.5. The smallest absolute Gasteiger partial charge is 0.137 e. The van der Waals surface area contributed by atoms with Crippen molar-refractivity contribution >= 4 is 28.3 Å². The molecule has 0 fully saturated rings. The topological polar surface area (TPSA) is 47.0 Å². The monoisotopic (exact) mass is 369 g/mol. The van der Waals surface area contributed by atoms with E-state index in [1.54, 1.807) is 6.33 Å². The zero-order chi connectivity index (χ0) is 18.0. The van der Waals surface area contributed by atoms with Crippen molar-refractivity contribution in [3.05, 3.63) is 59.9 Å². The largest absolute Gasteiger partial charge is 0.494 e. The van der Waals surface area contributed by atoms with Gasteiger partial charge in [0.2, 0.25) is 0 Å². The summed E-state index contributed by atoms with van der Waals surface area (Å²) in [6, 6.07) is 15.6. The molecular formula is C21H24ClN3O. The van der Waals surface area contributed by atoms with Gasteiger partial charge in [0.05, 0.1) is 12.1 Å². The first-order valence-electron chi connectivity index (χ1n) is 9.15. The number of nitrogens with one attached hydrogen (secondary N) is 1. The molecule has 5 heteroatoms. The quantitative estimate of drug-likeness (QED) is 0.464. The van der Waals surface area contributed by atoms with Crippen molar-refractivity contribution in [3.63, 3.8) is 0 Å². The minimum Gasteiger partial charge on any atom is -0.494 e. The van der Waals surface area contributed by atoms with Crippen LogP contribution >= 0.6 is 11.6 Å². The van der Waals surface area contributed by atoms with Gasteiger partial charge in [0, 0.05) is 17.0 Å². The summed E-state index contributed by atoms with van der Waals surface area (Å²) < 4.78 is 5.70. The molecule has 3 aromatic rings.